The molecule has 1 rings (SSSR count). The van der Waals surface area contributed by atoms with Gasteiger partial charge in [0.05, 0.1) is 6.61 Å². The molecule has 0 heterocycles. The summed E-state index contributed by atoms with van der Waals surface area (Å²) in [4.78, 5) is 0. The zero-order valence-corrected chi connectivity index (χ0v) is 12.9. The number of hydrogen-bond donors (Lipinski definition) is 0. The fourth-order valence-corrected chi connectivity index (χ4v) is 2.72. The second-order valence-corrected chi connectivity index (χ2v) is 5.50. The number of halogens is 1. The zero-order chi connectivity index (χ0) is 12.8. The van der Waals surface area contributed by atoms with Gasteiger partial charge in [0.1, 0.15) is 5.75 Å². The number of benzene rings is 1. The van der Waals surface area contributed by atoms with Crippen molar-refractivity contribution in [1.82, 2.24) is 0 Å². The Morgan fingerprint density at radius 1 is 1.18 bits per heavy atom. The Kier molecular flexibility index (Phi) is 6.04. The van der Waals surface area contributed by atoms with Crippen LogP contribution in [0.4, 0.5) is 0 Å². The standard InChI is InChI=1S/C15H23BrO/c1-5-6-14(9-16)10-17-15-12(3)7-11(2)8-13(15)4/h7-8,14H,5-6,9-10H2,1-4H3. The molecule has 17 heavy (non-hydrogen) atoms. The first-order valence-electron chi connectivity index (χ1n) is 6.35. The van der Waals surface area contributed by atoms with E-state index in [2.05, 4.69) is 55.8 Å². The Hall–Kier alpha value is -0.500. The molecular formula is C15H23BrO. The Morgan fingerprint density at radius 2 is 1.76 bits per heavy atom. The largest absolute Gasteiger partial charge is 0.493 e. The van der Waals surface area contributed by atoms with Crippen molar-refractivity contribution in [3.63, 3.8) is 0 Å². The molecule has 0 N–H and O–H groups in total. The quantitative estimate of drug-likeness (QED) is 0.685. The monoisotopic (exact) mass is 298 g/mol. The molecule has 0 bridgehead atoms. The smallest absolute Gasteiger partial charge is 0.125 e. The molecule has 0 aromatic heterocycles. The second-order valence-electron chi connectivity index (χ2n) is 4.85. The molecule has 0 fully saturated rings. The van der Waals surface area contributed by atoms with E-state index in [4.69, 9.17) is 4.74 Å². The van der Waals surface area contributed by atoms with Crippen LogP contribution in [0, 0.1) is 26.7 Å². The van der Waals surface area contributed by atoms with E-state index in [1.807, 2.05) is 0 Å². The van der Waals surface area contributed by atoms with Crippen molar-refractivity contribution >= 4 is 15.9 Å². The van der Waals surface area contributed by atoms with E-state index >= 15 is 0 Å². The first-order valence-corrected chi connectivity index (χ1v) is 7.47. The second kappa shape index (κ2) is 7.05. The molecule has 0 radical (unpaired) electrons. The van der Waals surface area contributed by atoms with Crippen molar-refractivity contribution in [2.24, 2.45) is 5.92 Å². The lowest BCUT2D eigenvalue weighted by atomic mass is 10.1. The minimum Gasteiger partial charge on any atom is -0.493 e. The van der Waals surface area contributed by atoms with Crippen LogP contribution < -0.4 is 4.74 Å². The maximum Gasteiger partial charge on any atom is 0.125 e. The number of hydrogen-bond acceptors (Lipinski definition) is 1. The number of ether oxygens (including phenoxy) is 1. The van der Waals surface area contributed by atoms with Crippen LogP contribution in [0.2, 0.25) is 0 Å². The highest BCUT2D eigenvalue weighted by molar-refractivity contribution is 9.09. The third-order valence-electron chi connectivity index (χ3n) is 2.98. The van der Waals surface area contributed by atoms with Crippen LogP contribution in [0.1, 0.15) is 36.5 Å². The van der Waals surface area contributed by atoms with Crippen molar-refractivity contribution in [3.05, 3.63) is 28.8 Å². The topological polar surface area (TPSA) is 9.23 Å². The molecule has 0 aliphatic heterocycles. The summed E-state index contributed by atoms with van der Waals surface area (Å²) in [6.07, 6.45) is 2.43. The van der Waals surface area contributed by atoms with Gasteiger partial charge in [0.2, 0.25) is 0 Å². The molecule has 0 aliphatic carbocycles. The van der Waals surface area contributed by atoms with Gasteiger partial charge in [-0.2, -0.15) is 0 Å². The highest BCUT2D eigenvalue weighted by atomic mass is 79.9. The van der Waals surface area contributed by atoms with Gasteiger partial charge in [0.25, 0.3) is 0 Å². The Balaban J connectivity index is 2.68. The number of aryl methyl sites for hydroxylation is 3. The van der Waals surface area contributed by atoms with Crippen LogP contribution in [0.25, 0.3) is 0 Å². The highest BCUT2D eigenvalue weighted by Crippen LogP contribution is 2.25. The lowest BCUT2D eigenvalue weighted by Gasteiger charge is -2.17. The fraction of sp³-hybridized carbons (Fsp3) is 0.600. The van der Waals surface area contributed by atoms with Crippen LogP contribution in [0.5, 0.6) is 5.75 Å². The molecule has 0 spiro atoms. The molecule has 1 nitrogen and oxygen atoms in total. The van der Waals surface area contributed by atoms with Gasteiger partial charge >= 0.3 is 0 Å². The minimum absolute atomic E-state index is 0.611. The number of rotatable bonds is 6. The summed E-state index contributed by atoms with van der Waals surface area (Å²) in [7, 11) is 0. The molecule has 1 unspecified atom stereocenters. The van der Waals surface area contributed by atoms with Crippen LogP contribution in [0.3, 0.4) is 0 Å². The van der Waals surface area contributed by atoms with Crippen LogP contribution in [-0.2, 0) is 0 Å². The molecule has 0 aliphatic rings. The maximum atomic E-state index is 6.00. The summed E-state index contributed by atoms with van der Waals surface area (Å²) >= 11 is 3.56. The molecule has 0 saturated heterocycles. The van der Waals surface area contributed by atoms with Crippen molar-refractivity contribution in [1.29, 1.82) is 0 Å². The van der Waals surface area contributed by atoms with Crippen molar-refractivity contribution in [2.75, 3.05) is 11.9 Å². The normalized spacial score (nSPS) is 12.5. The van der Waals surface area contributed by atoms with Gasteiger partial charge in [0, 0.05) is 11.2 Å². The van der Waals surface area contributed by atoms with E-state index in [1.54, 1.807) is 0 Å². The van der Waals surface area contributed by atoms with Gasteiger partial charge in [-0.25, -0.2) is 0 Å². The van der Waals surface area contributed by atoms with Crippen molar-refractivity contribution in [3.8, 4) is 5.75 Å². The van der Waals surface area contributed by atoms with E-state index in [-0.39, 0.29) is 0 Å². The average molecular weight is 299 g/mol. The Labute approximate surface area is 114 Å². The van der Waals surface area contributed by atoms with Gasteiger partial charge in [0.15, 0.2) is 0 Å². The van der Waals surface area contributed by atoms with Crippen LogP contribution >= 0.6 is 15.9 Å². The molecule has 1 aromatic rings. The Morgan fingerprint density at radius 3 is 2.24 bits per heavy atom. The molecule has 1 atom stereocenters. The van der Waals surface area contributed by atoms with Gasteiger partial charge in [-0.05, 0) is 38.3 Å². The lowest BCUT2D eigenvalue weighted by Crippen LogP contribution is -2.14. The van der Waals surface area contributed by atoms with E-state index in [0.29, 0.717) is 5.92 Å². The molecule has 1 aromatic carbocycles. The predicted octanol–water partition coefficient (Wildman–Crippen LogP) is 4.80. The summed E-state index contributed by atoms with van der Waals surface area (Å²) in [5.41, 5.74) is 3.79. The predicted molar refractivity (Wildman–Crippen MR) is 78.3 cm³/mol. The van der Waals surface area contributed by atoms with Crippen LogP contribution in [-0.4, -0.2) is 11.9 Å². The third kappa shape index (κ3) is 4.34. The SMILES string of the molecule is CCCC(CBr)COc1c(C)cc(C)cc1C. The molecule has 96 valence electrons. The summed E-state index contributed by atoms with van der Waals surface area (Å²) in [6, 6.07) is 4.37. The third-order valence-corrected chi connectivity index (χ3v) is 3.90. The van der Waals surface area contributed by atoms with Gasteiger partial charge in [-0.1, -0.05) is 47.0 Å². The van der Waals surface area contributed by atoms with Crippen molar-refractivity contribution < 1.29 is 4.74 Å². The fourth-order valence-electron chi connectivity index (χ4n) is 2.21. The molecular weight excluding hydrogens is 276 g/mol. The summed E-state index contributed by atoms with van der Waals surface area (Å²) in [5, 5.41) is 1.02. The first-order chi connectivity index (χ1) is 8.08. The maximum absolute atomic E-state index is 6.00. The highest BCUT2D eigenvalue weighted by Gasteiger charge is 2.10. The summed E-state index contributed by atoms with van der Waals surface area (Å²) < 4.78 is 6.00. The summed E-state index contributed by atoms with van der Waals surface area (Å²) in [6.45, 7) is 9.40. The molecule has 0 saturated carbocycles. The van der Waals surface area contributed by atoms with E-state index in [1.165, 1.54) is 29.5 Å². The van der Waals surface area contributed by atoms with Gasteiger partial charge < -0.3 is 4.74 Å². The zero-order valence-electron chi connectivity index (χ0n) is 11.3. The minimum atomic E-state index is 0.611. The molecule has 0 amide bonds. The Bertz CT molecular complexity index is 337. The average Bonchev–Trinajstić information content (AvgIpc) is 2.26. The van der Waals surface area contributed by atoms with E-state index < -0.39 is 0 Å². The van der Waals surface area contributed by atoms with Crippen LogP contribution in [0.15, 0.2) is 12.1 Å². The van der Waals surface area contributed by atoms with E-state index in [0.717, 1.165) is 17.7 Å². The van der Waals surface area contributed by atoms with E-state index in [9.17, 15) is 0 Å². The molecule has 2 heteroatoms. The van der Waals surface area contributed by atoms with Gasteiger partial charge in [-0.3, -0.25) is 0 Å². The number of alkyl halides is 1. The first kappa shape index (κ1) is 14.6. The van der Waals surface area contributed by atoms with Gasteiger partial charge in [-0.15, -0.1) is 0 Å². The lowest BCUT2D eigenvalue weighted by molar-refractivity contribution is 0.252. The summed E-state index contributed by atoms with van der Waals surface area (Å²) in [5.74, 6) is 1.68. The van der Waals surface area contributed by atoms with Crippen molar-refractivity contribution in [2.45, 2.75) is 40.5 Å².